The molecule has 0 unspecified atom stereocenters. The van der Waals surface area contributed by atoms with Crippen molar-refractivity contribution < 1.29 is 31.5 Å². The Morgan fingerprint density at radius 1 is 0.909 bits per heavy atom. The van der Waals surface area contributed by atoms with Crippen molar-refractivity contribution in [2.24, 2.45) is 0 Å². The van der Waals surface area contributed by atoms with E-state index in [9.17, 15) is 31.9 Å². The van der Waals surface area contributed by atoms with E-state index in [1.165, 1.54) is 32.2 Å². The average Bonchev–Trinajstić information content (AvgIpc) is 3.00. The SMILES string of the molecule is COc1cccc(-c2c(C)n(Cc3c(F)cccc3C(F)(F)F)c(=O)n(C[C@H](CCCCC=O)c3ccccc3)c2=O)c1F. The summed E-state index contributed by atoms with van der Waals surface area (Å²) in [6.07, 6.45) is -2.14. The number of aldehydes is 1. The van der Waals surface area contributed by atoms with E-state index in [2.05, 4.69) is 0 Å². The van der Waals surface area contributed by atoms with Gasteiger partial charge in [0.1, 0.15) is 12.1 Å². The van der Waals surface area contributed by atoms with Gasteiger partial charge in [0, 0.05) is 35.7 Å². The second-order valence-electron chi connectivity index (χ2n) is 10.4. The summed E-state index contributed by atoms with van der Waals surface area (Å²) < 4.78 is 79.0. The lowest BCUT2D eigenvalue weighted by atomic mass is 9.93. The van der Waals surface area contributed by atoms with E-state index in [1.54, 1.807) is 18.2 Å². The van der Waals surface area contributed by atoms with E-state index >= 15 is 4.39 Å². The number of unbranched alkanes of at least 4 members (excludes halogenated alkanes) is 2. The highest BCUT2D eigenvalue weighted by Crippen LogP contribution is 2.34. The van der Waals surface area contributed by atoms with Crippen molar-refractivity contribution in [2.75, 3.05) is 7.11 Å². The van der Waals surface area contributed by atoms with Gasteiger partial charge in [-0.15, -0.1) is 0 Å². The maximum atomic E-state index is 15.6. The molecule has 0 aliphatic rings. The van der Waals surface area contributed by atoms with Crippen LogP contribution in [0, 0.1) is 18.6 Å². The number of halogens is 5. The van der Waals surface area contributed by atoms with Gasteiger partial charge in [-0.05, 0) is 43.5 Å². The summed E-state index contributed by atoms with van der Waals surface area (Å²) in [4.78, 5) is 38.9. The third-order valence-electron chi connectivity index (χ3n) is 7.68. The van der Waals surface area contributed by atoms with Crippen molar-refractivity contribution >= 4 is 6.29 Å². The minimum absolute atomic E-state index is 0.137. The molecule has 1 heterocycles. The third kappa shape index (κ3) is 6.82. The molecule has 0 saturated carbocycles. The zero-order chi connectivity index (χ0) is 32.0. The molecule has 6 nitrogen and oxygen atoms in total. The average molecular weight is 615 g/mol. The lowest BCUT2D eigenvalue weighted by Crippen LogP contribution is -2.43. The van der Waals surface area contributed by atoms with Crippen molar-refractivity contribution in [3.63, 3.8) is 0 Å². The third-order valence-corrected chi connectivity index (χ3v) is 7.68. The molecule has 0 bridgehead atoms. The number of methoxy groups -OCH3 is 1. The fraction of sp³-hybridized carbons (Fsp3) is 0.303. The molecule has 1 aromatic heterocycles. The Bertz CT molecular complexity index is 1750. The van der Waals surface area contributed by atoms with E-state index in [1.807, 2.05) is 12.1 Å². The lowest BCUT2D eigenvalue weighted by Gasteiger charge is -2.23. The molecule has 0 aliphatic heterocycles. The molecule has 0 aliphatic carbocycles. The Labute approximate surface area is 250 Å². The van der Waals surface area contributed by atoms with Gasteiger partial charge in [0.05, 0.1) is 24.8 Å². The first-order chi connectivity index (χ1) is 21.0. The van der Waals surface area contributed by atoms with Gasteiger partial charge in [0.25, 0.3) is 5.56 Å². The second-order valence-corrected chi connectivity index (χ2v) is 10.4. The number of alkyl halides is 3. The minimum atomic E-state index is -4.93. The van der Waals surface area contributed by atoms with Gasteiger partial charge in [0.15, 0.2) is 11.6 Å². The van der Waals surface area contributed by atoms with Gasteiger partial charge in [-0.1, -0.05) is 55.0 Å². The molecular weight excluding hydrogens is 583 g/mol. The van der Waals surface area contributed by atoms with Gasteiger partial charge in [-0.3, -0.25) is 13.9 Å². The van der Waals surface area contributed by atoms with Crippen molar-refractivity contribution in [3.8, 4) is 16.9 Å². The van der Waals surface area contributed by atoms with Gasteiger partial charge in [0.2, 0.25) is 0 Å². The first-order valence-electron chi connectivity index (χ1n) is 14.0. The summed E-state index contributed by atoms with van der Waals surface area (Å²) >= 11 is 0. The lowest BCUT2D eigenvalue weighted by molar-refractivity contribution is -0.138. The molecule has 0 amide bonds. The number of hydrogen-bond donors (Lipinski definition) is 0. The topological polar surface area (TPSA) is 70.3 Å². The Balaban J connectivity index is 1.97. The number of hydrogen-bond acceptors (Lipinski definition) is 4. The van der Waals surface area contributed by atoms with Crippen LogP contribution in [0.2, 0.25) is 0 Å². The van der Waals surface area contributed by atoms with Crippen LogP contribution in [0.4, 0.5) is 22.0 Å². The normalized spacial score (nSPS) is 12.2. The van der Waals surface area contributed by atoms with Crippen LogP contribution in [0.15, 0.2) is 76.3 Å². The van der Waals surface area contributed by atoms with Gasteiger partial charge < -0.3 is 9.53 Å². The van der Waals surface area contributed by atoms with Crippen molar-refractivity contribution in [1.82, 2.24) is 9.13 Å². The number of carbonyl (C=O) groups is 1. The Morgan fingerprint density at radius 2 is 1.61 bits per heavy atom. The number of benzene rings is 3. The van der Waals surface area contributed by atoms with Crippen molar-refractivity contribution in [3.05, 3.63) is 122 Å². The highest BCUT2D eigenvalue weighted by atomic mass is 19.4. The summed E-state index contributed by atoms with van der Waals surface area (Å²) in [5.41, 5.74) is -3.71. The van der Waals surface area contributed by atoms with Crippen LogP contribution in [-0.2, 0) is 24.1 Å². The standard InChI is InChI=1S/C33H31F5N2O4/c1-21-29(24-14-9-17-28(44-2)30(24)35)31(42)40(19-23(13-7-4-8-18-41)22-11-5-3-6-12-22)32(43)39(21)20-25-26(33(36,37)38)15-10-16-27(25)34/h3,5-6,9-12,14-18,23H,4,7-8,13,19-20H2,1-2H3/t23-/m0/s1. The van der Waals surface area contributed by atoms with E-state index in [-0.39, 0.29) is 29.1 Å². The molecule has 4 aromatic rings. The molecule has 0 radical (unpaired) electrons. The van der Waals surface area contributed by atoms with Crippen LogP contribution in [0.5, 0.6) is 5.75 Å². The van der Waals surface area contributed by atoms with E-state index in [4.69, 9.17) is 4.74 Å². The summed E-state index contributed by atoms with van der Waals surface area (Å²) in [7, 11) is 1.24. The number of carbonyl (C=O) groups excluding carboxylic acids is 1. The van der Waals surface area contributed by atoms with Crippen LogP contribution in [0.3, 0.4) is 0 Å². The zero-order valence-electron chi connectivity index (χ0n) is 24.2. The summed E-state index contributed by atoms with van der Waals surface area (Å²) in [6, 6.07) is 15.6. The quantitative estimate of drug-likeness (QED) is 0.0991. The van der Waals surface area contributed by atoms with E-state index in [0.717, 1.165) is 33.1 Å². The number of rotatable bonds is 12. The van der Waals surface area contributed by atoms with Gasteiger partial charge >= 0.3 is 11.9 Å². The first-order valence-corrected chi connectivity index (χ1v) is 14.0. The van der Waals surface area contributed by atoms with Gasteiger partial charge in [-0.25, -0.2) is 13.6 Å². The first kappa shape index (κ1) is 32.4. The van der Waals surface area contributed by atoms with Crippen LogP contribution >= 0.6 is 0 Å². The highest BCUT2D eigenvalue weighted by Gasteiger charge is 2.35. The summed E-state index contributed by atoms with van der Waals surface area (Å²) in [5, 5.41) is 0. The zero-order valence-corrected chi connectivity index (χ0v) is 24.2. The molecule has 0 spiro atoms. The highest BCUT2D eigenvalue weighted by molar-refractivity contribution is 5.67. The molecule has 3 aromatic carbocycles. The molecule has 232 valence electrons. The molecule has 1 atom stereocenters. The van der Waals surface area contributed by atoms with Crippen molar-refractivity contribution in [1.29, 1.82) is 0 Å². The monoisotopic (exact) mass is 614 g/mol. The Morgan fingerprint density at radius 3 is 2.27 bits per heavy atom. The largest absolute Gasteiger partial charge is 0.494 e. The Kier molecular flexibility index (Phi) is 10.2. The van der Waals surface area contributed by atoms with Crippen LogP contribution in [0.25, 0.3) is 11.1 Å². The molecule has 0 fully saturated rings. The number of nitrogens with zero attached hydrogens (tertiary/aromatic N) is 2. The molecule has 4 rings (SSSR count). The molecule has 0 N–H and O–H groups in total. The fourth-order valence-corrected chi connectivity index (χ4v) is 5.39. The molecule has 0 saturated heterocycles. The molecule has 44 heavy (non-hydrogen) atoms. The minimum Gasteiger partial charge on any atom is -0.494 e. The smallest absolute Gasteiger partial charge is 0.416 e. The predicted molar refractivity (Wildman–Crippen MR) is 156 cm³/mol. The van der Waals surface area contributed by atoms with E-state index < -0.39 is 52.6 Å². The maximum Gasteiger partial charge on any atom is 0.416 e. The van der Waals surface area contributed by atoms with E-state index in [0.29, 0.717) is 31.7 Å². The molecular formula is C33H31F5N2O4. The van der Waals surface area contributed by atoms with Gasteiger partial charge in [-0.2, -0.15) is 13.2 Å². The fourth-order valence-electron chi connectivity index (χ4n) is 5.39. The second kappa shape index (κ2) is 13.8. The van der Waals surface area contributed by atoms with Crippen LogP contribution in [0.1, 0.15) is 54.0 Å². The number of aromatic nitrogens is 2. The predicted octanol–water partition coefficient (Wildman–Crippen LogP) is 6.88. The Hall–Kier alpha value is -4.54. The summed E-state index contributed by atoms with van der Waals surface area (Å²) in [5.74, 6) is -2.68. The number of ether oxygens (including phenoxy) is 1. The van der Waals surface area contributed by atoms with Crippen LogP contribution in [-0.4, -0.2) is 22.5 Å². The van der Waals surface area contributed by atoms with Crippen LogP contribution < -0.4 is 16.0 Å². The van der Waals surface area contributed by atoms with Crippen molar-refractivity contribution in [2.45, 2.75) is 57.8 Å². The summed E-state index contributed by atoms with van der Waals surface area (Å²) in [6.45, 7) is 0.259. The maximum absolute atomic E-state index is 15.6. The molecule has 11 heteroatoms.